The van der Waals surface area contributed by atoms with E-state index in [1.165, 1.54) is 21.3 Å². The first-order chi connectivity index (χ1) is 10.8. The average Bonchev–Trinajstić information content (AvgIpc) is 2.55. The Morgan fingerprint density at radius 3 is 2.22 bits per heavy atom. The molecule has 0 aromatic heterocycles. The molecule has 1 heterocycles. The van der Waals surface area contributed by atoms with Crippen LogP contribution in [-0.2, 0) is 10.0 Å². The van der Waals surface area contributed by atoms with E-state index in [4.69, 9.17) is 0 Å². The van der Waals surface area contributed by atoms with Crippen molar-refractivity contribution >= 4 is 15.9 Å². The molecule has 128 valence electrons. The number of nitrogens with zero attached hydrogens (tertiary/aromatic N) is 2. The average molecular weight is 339 g/mol. The normalized spacial score (nSPS) is 16.5. The number of nitrogens with one attached hydrogen (secondary N) is 1. The van der Waals surface area contributed by atoms with E-state index in [1.54, 1.807) is 33.3 Å². The predicted octanol–water partition coefficient (Wildman–Crippen LogP) is 1.01. The number of benzene rings is 1. The fourth-order valence-corrected chi connectivity index (χ4v) is 3.98. The van der Waals surface area contributed by atoms with Crippen LogP contribution in [0.5, 0.6) is 0 Å². The lowest BCUT2D eigenvalue weighted by molar-refractivity contribution is 0.0827. The van der Waals surface area contributed by atoms with Crippen LogP contribution in [0.3, 0.4) is 0 Å². The van der Waals surface area contributed by atoms with Crippen LogP contribution in [0.15, 0.2) is 29.2 Å². The van der Waals surface area contributed by atoms with Gasteiger partial charge in [0.2, 0.25) is 10.0 Å². The van der Waals surface area contributed by atoms with Crippen LogP contribution < -0.4 is 5.32 Å². The molecule has 23 heavy (non-hydrogen) atoms. The molecule has 6 nitrogen and oxygen atoms in total. The SMILES string of the molecule is CN(C)C(=O)c1ccc(S(=O)(=O)N(C)CC2CCNCC2)cc1. The quantitative estimate of drug-likeness (QED) is 0.869. The zero-order chi connectivity index (χ0) is 17.0. The number of sulfonamides is 1. The van der Waals surface area contributed by atoms with Crippen molar-refractivity contribution in [3.05, 3.63) is 29.8 Å². The van der Waals surface area contributed by atoms with Crippen molar-refractivity contribution in [2.45, 2.75) is 17.7 Å². The molecule has 1 amide bonds. The molecule has 0 unspecified atom stereocenters. The first kappa shape index (κ1) is 17.9. The molecular weight excluding hydrogens is 314 g/mol. The fourth-order valence-electron chi connectivity index (χ4n) is 2.73. The maximum atomic E-state index is 12.6. The molecule has 0 saturated carbocycles. The predicted molar refractivity (Wildman–Crippen MR) is 89.9 cm³/mol. The third-order valence-electron chi connectivity index (χ3n) is 4.19. The standard InChI is InChI=1S/C16H25N3O3S/c1-18(2)16(20)14-4-6-15(7-5-14)23(21,22)19(3)12-13-8-10-17-11-9-13/h4-7,13,17H,8-12H2,1-3H3. The summed E-state index contributed by atoms with van der Waals surface area (Å²) in [6.07, 6.45) is 1.99. The fraction of sp³-hybridized carbons (Fsp3) is 0.562. The van der Waals surface area contributed by atoms with Crippen molar-refractivity contribution in [3.8, 4) is 0 Å². The molecule has 0 atom stereocenters. The Morgan fingerprint density at radius 1 is 1.13 bits per heavy atom. The van der Waals surface area contributed by atoms with Crippen molar-refractivity contribution in [2.24, 2.45) is 5.92 Å². The minimum atomic E-state index is -3.51. The first-order valence-electron chi connectivity index (χ1n) is 7.81. The Morgan fingerprint density at radius 2 is 1.70 bits per heavy atom. The molecule has 0 radical (unpaired) electrons. The Labute approximate surface area is 138 Å². The van der Waals surface area contributed by atoms with E-state index in [-0.39, 0.29) is 10.8 Å². The van der Waals surface area contributed by atoms with Gasteiger partial charge in [0.25, 0.3) is 5.91 Å². The number of amides is 1. The number of rotatable bonds is 5. The van der Waals surface area contributed by atoms with Crippen molar-refractivity contribution in [1.82, 2.24) is 14.5 Å². The highest BCUT2D eigenvalue weighted by Gasteiger charge is 2.25. The monoisotopic (exact) mass is 339 g/mol. The summed E-state index contributed by atoms with van der Waals surface area (Å²) in [5, 5.41) is 3.28. The lowest BCUT2D eigenvalue weighted by atomic mass is 9.98. The molecule has 2 rings (SSSR count). The van der Waals surface area contributed by atoms with Crippen LogP contribution in [0.1, 0.15) is 23.2 Å². The van der Waals surface area contributed by atoms with Gasteiger partial charge in [0.05, 0.1) is 4.90 Å². The molecule has 1 aliphatic rings. The molecule has 1 N–H and O–H groups in total. The van der Waals surface area contributed by atoms with E-state index in [1.807, 2.05) is 0 Å². The number of hydrogen-bond donors (Lipinski definition) is 1. The minimum absolute atomic E-state index is 0.142. The molecule has 1 aliphatic heterocycles. The van der Waals surface area contributed by atoms with Gasteiger partial charge in [-0.25, -0.2) is 12.7 Å². The second kappa shape index (κ2) is 7.42. The summed E-state index contributed by atoms with van der Waals surface area (Å²) in [7, 11) is 1.44. The van der Waals surface area contributed by atoms with E-state index in [9.17, 15) is 13.2 Å². The Bertz CT molecular complexity index is 635. The van der Waals surface area contributed by atoms with Gasteiger partial charge in [0.1, 0.15) is 0 Å². The van der Waals surface area contributed by atoms with Crippen LogP contribution in [-0.4, -0.2) is 64.3 Å². The van der Waals surface area contributed by atoms with Crippen LogP contribution in [0.2, 0.25) is 0 Å². The van der Waals surface area contributed by atoms with E-state index in [0.29, 0.717) is 18.0 Å². The van der Waals surface area contributed by atoms with Gasteiger partial charge in [0.15, 0.2) is 0 Å². The molecule has 1 saturated heterocycles. The van der Waals surface area contributed by atoms with Crippen LogP contribution >= 0.6 is 0 Å². The van der Waals surface area contributed by atoms with Crippen molar-refractivity contribution < 1.29 is 13.2 Å². The molecule has 0 aliphatic carbocycles. The molecule has 1 aromatic rings. The largest absolute Gasteiger partial charge is 0.345 e. The number of carbonyl (C=O) groups is 1. The van der Waals surface area contributed by atoms with E-state index >= 15 is 0 Å². The second-order valence-electron chi connectivity index (χ2n) is 6.20. The van der Waals surface area contributed by atoms with Gasteiger partial charge in [-0.1, -0.05) is 0 Å². The molecule has 1 fully saturated rings. The van der Waals surface area contributed by atoms with E-state index in [0.717, 1.165) is 25.9 Å². The Balaban J connectivity index is 2.10. The Hall–Kier alpha value is -1.44. The first-order valence-corrected chi connectivity index (χ1v) is 9.25. The molecule has 1 aromatic carbocycles. The zero-order valence-electron chi connectivity index (χ0n) is 13.9. The topological polar surface area (TPSA) is 69.7 Å². The summed E-state index contributed by atoms with van der Waals surface area (Å²) in [6.45, 7) is 2.42. The molecule has 0 spiro atoms. The Kier molecular flexibility index (Phi) is 5.78. The van der Waals surface area contributed by atoms with Gasteiger partial charge in [-0.2, -0.15) is 0 Å². The highest BCUT2D eigenvalue weighted by Crippen LogP contribution is 2.20. The molecular formula is C16H25N3O3S. The highest BCUT2D eigenvalue weighted by molar-refractivity contribution is 7.89. The van der Waals surface area contributed by atoms with Crippen molar-refractivity contribution in [3.63, 3.8) is 0 Å². The van der Waals surface area contributed by atoms with E-state index < -0.39 is 10.0 Å². The third kappa shape index (κ3) is 4.31. The minimum Gasteiger partial charge on any atom is -0.345 e. The summed E-state index contributed by atoms with van der Waals surface area (Å²) in [6, 6.07) is 6.14. The maximum Gasteiger partial charge on any atom is 0.253 e. The summed E-state index contributed by atoms with van der Waals surface area (Å²) in [5.41, 5.74) is 0.481. The lowest BCUT2D eigenvalue weighted by Gasteiger charge is -2.27. The maximum absolute atomic E-state index is 12.6. The second-order valence-corrected chi connectivity index (χ2v) is 8.25. The lowest BCUT2D eigenvalue weighted by Crippen LogP contribution is -2.37. The zero-order valence-corrected chi connectivity index (χ0v) is 14.8. The van der Waals surface area contributed by atoms with Gasteiger partial charge in [0, 0.05) is 33.3 Å². The number of carbonyl (C=O) groups excluding carboxylic acids is 1. The number of piperidine rings is 1. The molecule has 0 bridgehead atoms. The van der Waals surface area contributed by atoms with Gasteiger partial charge in [-0.05, 0) is 56.1 Å². The van der Waals surface area contributed by atoms with Crippen molar-refractivity contribution in [2.75, 3.05) is 40.8 Å². The number of hydrogen-bond acceptors (Lipinski definition) is 4. The summed E-state index contributed by atoms with van der Waals surface area (Å²) in [4.78, 5) is 13.6. The summed E-state index contributed by atoms with van der Waals surface area (Å²) in [5.74, 6) is 0.252. The van der Waals surface area contributed by atoms with Gasteiger partial charge < -0.3 is 10.2 Å². The van der Waals surface area contributed by atoms with Gasteiger partial charge in [-0.15, -0.1) is 0 Å². The smallest absolute Gasteiger partial charge is 0.253 e. The van der Waals surface area contributed by atoms with Crippen molar-refractivity contribution in [1.29, 1.82) is 0 Å². The van der Waals surface area contributed by atoms with Crippen LogP contribution in [0.25, 0.3) is 0 Å². The van der Waals surface area contributed by atoms with Gasteiger partial charge >= 0.3 is 0 Å². The van der Waals surface area contributed by atoms with Crippen LogP contribution in [0.4, 0.5) is 0 Å². The third-order valence-corrected chi connectivity index (χ3v) is 6.03. The van der Waals surface area contributed by atoms with Gasteiger partial charge in [-0.3, -0.25) is 4.79 Å². The summed E-state index contributed by atoms with van der Waals surface area (Å²) >= 11 is 0. The highest BCUT2D eigenvalue weighted by atomic mass is 32.2. The van der Waals surface area contributed by atoms with E-state index in [2.05, 4.69) is 5.32 Å². The molecule has 7 heteroatoms. The summed E-state index contributed by atoms with van der Waals surface area (Å²) < 4.78 is 26.7. The van der Waals surface area contributed by atoms with Crippen LogP contribution in [0, 0.1) is 5.92 Å².